The van der Waals surface area contributed by atoms with Crippen LogP contribution in [0.1, 0.15) is 61.9 Å². The minimum absolute atomic E-state index is 0.220. The molecule has 0 radical (unpaired) electrons. The van der Waals surface area contributed by atoms with Gasteiger partial charge in [-0.25, -0.2) is 0 Å². The molecule has 0 spiro atoms. The molecule has 0 saturated heterocycles. The van der Waals surface area contributed by atoms with Gasteiger partial charge in [-0.1, -0.05) is 45.0 Å². The maximum atomic E-state index is 6.21. The lowest BCUT2D eigenvalue weighted by Gasteiger charge is -2.19. The van der Waals surface area contributed by atoms with Crippen molar-refractivity contribution in [2.45, 2.75) is 58.0 Å². The summed E-state index contributed by atoms with van der Waals surface area (Å²) in [5.41, 5.74) is 12.0. The third kappa shape index (κ3) is 3.06. The van der Waals surface area contributed by atoms with Crippen LogP contribution in [0.25, 0.3) is 0 Å². The SMILES string of the molecule is CC(C)(C)c1ccc(Cn2cc3c(c2)C(N)CCC3)cc1. The van der Waals surface area contributed by atoms with E-state index in [9.17, 15) is 0 Å². The number of aromatic nitrogens is 1. The molecule has 21 heavy (non-hydrogen) atoms. The third-order valence-electron chi connectivity index (χ3n) is 4.54. The highest BCUT2D eigenvalue weighted by Gasteiger charge is 2.18. The first-order chi connectivity index (χ1) is 9.93. The summed E-state index contributed by atoms with van der Waals surface area (Å²) in [5.74, 6) is 0. The molecule has 2 nitrogen and oxygen atoms in total. The molecule has 1 atom stereocenters. The van der Waals surface area contributed by atoms with E-state index >= 15 is 0 Å². The van der Waals surface area contributed by atoms with Crippen LogP contribution in [-0.4, -0.2) is 4.57 Å². The molecule has 0 aliphatic heterocycles. The lowest BCUT2D eigenvalue weighted by atomic mass is 9.87. The van der Waals surface area contributed by atoms with Gasteiger partial charge in [0.15, 0.2) is 0 Å². The highest BCUT2D eigenvalue weighted by atomic mass is 14.9. The smallest absolute Gasteiger partial charge is 0.0470 e. The molecular weight excluding hydrogens is 256 g/mol. The maximum Gasteiger partial charge on any atom is 0.0470 e. The van der Waals surface area contributed by atoms with Gasteiger partial charge in [0.05, 0.1) is 0 Å². The van der Waals surface area contributed by atoms with Gasteiger partial charge in [0.2, 0.25) is 0 Å². The van der Waals surface area contributed by atoms with Crippen LogP contribution in [0.15, 0.2) is 36.7 Å². The second kappa shape index (κ2) is 5.34. The Labute approximate surface area is 128 Å². The van der Waals surface area contributed by atoms with Crippen molar-refractivity contribution in [2.75, 3.05) is 0 Å². The van der Waals surface area contributed by atoms with Crippen LogP contribution in [0.4, 0.5) is 0 Å². The van der Waals surface area contributed by atoms with Crippen LogP contribution in [0, 0.1) is 0 Å². The van der Waals surface area contributed by atoms with Crippen LogP contribution in [0.5, 0.6) is 0 Å². The van der Waals surface area contributed by atoms with Crippen molar-refractivity contribution in [1.82, 2.24) is 4.57 Å². The Morgan fingerprint density at radius 2 is 1.86 bits per heavy atom. The van der Waals surface area contributed by atoms with Crippen LogP contribution in [0.2, 0.25) is 0 Å². The van der Waals surface area contributed by atoms with Gasteiger partial charge in [-0.2, -0.15) is 0 Å². The fourth-order valence-electron chi connectivity index (χ4n) is 3.20. The molecule has 0 amide bonds. The zero-order chi connectivity index (χ0) is 15.0. The monoisotopic (exact) mass is 282 g/mol. The summed E-state index contributed by atoms with van der Waals surface area (Å²) < 4.78 is 2.29. The second-order valence-corrected chi connectivity index (χ2v) is 7.36. The van der Waals surface area contributed by atoms with Crippen molar-refractivity contribution in [1.29, 1.82) is 0 Å². The molecule has 1 aliphatic carbocycles. The van der Waals surface area contributed by atoms with E-state index in [-0.39, 0.29) is 11.5 Å². The number of rotatable bonds is 2. The first kappa shape index (κ1) is 14.4. The molecule has 0 bridgehead atoms. The topological polar surface area (TPSA) is 30.9 Å². The van der Waals surface area contributed by atoms with Gasteiger partial charge in [-0.3, -0.25) is 0 Å². The van der Waals surface area contributed by atoms with Crippen molar-refractivity contribution in [3.63, 3.8) is 0 Å². The van der Waals surface area contributed by atoms with Crippen LogP contribution < -0.4 is 5.73 Å². The minimum atomic E-state index is 0.220. The molecule has 0 fully saturated rings. The molecule has 1 aromatic carbocycles. The third-order valence-corrected chi connectivity index (χ3v) is 4.54. The summed E-state index contributed by atoms with van der Waals surface area (Å²) >= 11 is 0. The van der Waals surface area contributed by atoms with Crippen molar-refractivity contribution in [3.8, 4) is 0 Å². The molecule has 1 aliphatic rings. The number of fused-ring (bicyclic) bond motifs is 1. The highest BCUT2D eigenvalue weighted by Crippen LogP contribution is 2.29. The Kier molecular flexibility index (Phi) is 3.66. The van der Waals surface area contributed by atoms with Gasteiger partial charge < -0.3 is 10.3 Å². The molecule has 2 N–H and O–H groups in total. The first-order valence-corrected chi connectivity index (χ1v) is 7.97. The lowest BCUT2D eigenvalue weighted by molar-refractivity contribution is 0.573. The predicted octanol–water partition coefficient (Wildman–Crippen LogP) is 4.17. The summed E-state index contributed by atoms with van der Waals surface area (Å²) in [7, 11) is 0. The molecule has 0 saturated carbocycles. The van der Waals surface area contributed by atoms with E-state index in [1.807, 2.05) is 0 Å². The number of aryl methyl sites for hydroxylation is 1. The van der Waals surface area contributed by atoms with Gasteiger partial charge in [0, 0.05) is 25.0 Å². The van der Waals surface area contributed by atoms with Gasteiger partial charge >= 0.3 is 0 Å². The zero-order valence-electron chi connectivity index (χ0n) is 13.4. The fourth-order valence-corrected chi connectivity index (χ4v) is 3.20. The molecular formula is C19H26N2. The van der Waals surface area contributed by atoms with E-state index in [0.29, 0.717) is 0 Å². The largest absolute Gasteiger partial charge is 0.349 e. The molecule has 1 heterocycles. The molecule has 1 unspecified atom stereocenters. The van der Waals surface area contributed by atoms with E-state index in [0.717, 1.165) is 13.0 Å². The number of hydrogen-bond donors (Lipinski definition) is 1. The minimum Gasteiger partial charge on any atom is -0.349 e. The summed E-state index contributed by atoms with van der Waals surface area (Å²) in [6.45, 7) is 7.69. The van der Waals surface area contributed by atoms with Gasteiger partial charge in [-0.15, -0.1) is 0 Å². The summed E-state index contributed by atoms with van der Waals surface area (Å²) in [6, 6.07) is 9.24. The van der Waals surface area contributed by atoms with Crippen molar-refractivity contribution >= 4 is 0 Å². The summed E-state index contributed by atoms with van der Waals surface area (Å²) in [4.78, 5) is 0. The van der Waals surface area contributed by atoms with E-state index in [1.54, 1.807) is 0 Å². The average molecular weight is 282 g/mol. The van der Waals surface area contributed by atoms with Crippen molar-refractivity contribution in [2.24, 2.45) is 5.73 Å². The number of nitrogens with two attached hydrogens (primary N) is 1. The van der Waals surface area contributed by atoms with Gasteiger partial charge in [0.1, 0.15) is 0 Å². The van der Waals surface area contributed by atoms with Crippen molar-refractivity contribution < 1.29 is 0 Å². The van der Waals surface area contributed by atoms with Crippen LogP contribution in [-0.2, 0) is 18.4 Å². The zero-order valence-corrected chi connectivity index (χ0v) is 13.4. The number of nitrogens with zero attached hydrogens (tertiary/aromatic N) is 1. The normalized spacial score (nSPS) is 18.6. The summed E-state index contributed by atoms with van der Waals surface area (Å²) in [6.07, 6.45) is 8.05. The van der Waals surface area contributed by atoms with E-state index in [2.05, 4.69) is 62.0 Å². The van der Waals surface area contributed by atoms with Gasteiger partial charge in [-0.05, 0) is 46.9 Å². The predicted molar refractivity (Wildman–Crippen MR) is 88.5 cm³/mol. The Morgan fingerprint density at radius 1 is 1.14 bits per heavy atom. The maximum absolute atomic E-state index is 6.21. The Hall–Kier alpha value is -1.54. The second-order valence-electron chi connectivity index (χ2n) is 7.36. The quantitative estimate of drug-likeness (QED) is 0.880. The average Bonchev–Trinajstić information content (AvgIpc) is 2.82. The van der Waals surface area contributed by atoms with Crippen LogP contribution in [0.3, 0.4) is 0 Å². The molecule has 112 valence electrons. The standard InChI is InChI=1S/C19H26N2/c1-19(2,3)16-9-7-14(8-10-16)11-21-12-15-5-4-6-18(20)17(15)13-21/h7-10,12-13,18H,4-6,11,20H2,1-3H3. The summed E-state index contributed by atoms with van der Waals surface area (Å²) in [5, 5.41) is 0. The van der Waals surface area contributed by atoms with E-state index in [1.165, 1.54) is 35.1 Å². The Bertz CT molecular complexity index is 614. The first-order valence-electron chi connectivity index (χ1n) is 7.97. The van der Waals surface area contributed by atoms with E-state index in [4.69, 9.17) is 5.73 Å². The highest BCUT2D eigenvalue weighted by molar-refractivity contribution is 5.32. The van der Waals surface area contributed by atoms with Gasteiger partial charge in [0.25, 0.3) is 0 Å². The molecule has 1 aromatic heterocycles. The van der Waals surface area contributed by atoms with Crippen LogP contribution >= 0.6 is 0 Å². The van der Waals surface area contributed by atoms with E-state index < -0.39 is 0 Å². The Balaban J connectivity index is 1.78. The molecule has 3 rings (SSSR count). The lowest BCUT2D eigenvalue weighted by Crippen LogP contribution is -2.15. The number of benzene rings is 1. The molecule has 2 heteroatoms. The fraction of sp³-hybridized carbons (Fsp3) is 0.474. The number of hydrogen-bond acceptors (Lipinski definition) is 1. The molecule has 2 aromatic rings. The van der Waals surface area contributed by atoms with Crippen molar-refractivity contribution in [3.05, 3.63) is 58.9 Å². The Morgan fingerprint density at radius 3 is 2.48 bits per heavy atom.